The van der Waals surface area contributed by atoms with Gasteiger partial charge in [-0.25, -0.2) is 0 Å². The molecule has 5 heteroatoms. The van der Waals surface area contributed by atoms with Crippen molar-refractivity contribution in [3.8, 4) is 0 Å². The Kier molecular flexibility index (Phi) is 4.25. The van der Waals surface area contributed by atoms with Crippen LogP contribution in [0.5, 0.6) is 0 Å². The largest absolute Gasteiger partial charge is 0.370 e. The molecule has 1 aromatic rings. The zero-order valence-corrected chi connectivity index (χ0v) is 10.3. The first-order valence-corrected chi connectivity index (χ1v) is 5.44. The van der Waals surface area contributed by atoms with Gasteiger partial charge in [-0.2, -0.15) is 4.99 Å². The second-order valence-electron chi connectivity index (χ2n) is 3.47. The topological polar surface area (TPSA) is 76.4 Å². The third-order valence-electron chi connectivity index (χ3n) is 2.17. The smallest absolute Gasteiger partial charge is 0.200 e. The SMILES string of the molecule is CCc1ccc(NC(=S)N=C(N)N)c(C)c1. The summed E-state index contributed by atoms with van der Waals surface area (Å²) in [5.41, 5.74) is 13.8. The monoisotopic (exact) mass is 236 g/mol. The second kappa shape index (κ2) is 5.46. The molecule has 5 N–H and O–H groups in total. The molecule has 1 rings (SSSR count). The standard InChI is InChI=1S/C11H16N4S/c1-3-8-4-5-9(7(2)6-8)14-11(16)15-10(12)13/h4-6H,3H2,1-2H3,(H5,12,13,14,15,16). The quantitative estimate of drug-likeness (QED) is 0.413. The lowest BCUT2D eigenvalue weighted by atomic mass is 10.1. The maximum atomic E-state index is 5.23. The van der Waals surface area contributed by atoms with E-state index in [1.165, 1.54) is 5.56 Å². The van der Waals surface area contributed by atoms with Crippen LogP contribution in [0.25, 0.3) is 0 Å². The number of rotatable bonds is 2. The van der Waals surface area contributed by atoms with Crippen molar-refractivity contribution in [3.05, 3.63) is 29.3 Å². The summed E-state index contributed by atoms with van der Waals surface area (Å²) in [7, 11) is 0. The van der Waals surface area contributed by atoms with Gasteiger partial charge >= 0.3 is 0 Å². The highest BCUT2D eigenvalue weighted by Gasteiger charge is 2.01. The third-order valence-corrected chi connectivity index (χ3v) is 2.36. The molecule has 86 valence electrons. The van der Waals surface area contributed by atoms with Crippen LogP contribution < -0.4 is 16.8 Å². The van der Waals surface area contributed by atoms with Crippen LogP contribution in [-0.2, 0) is 6.42 Å². The highest BCUT2D eigenvalue weighted by atomic mass is 32.1. The van der Waals surface area contributed by atoms with Crippen LogP contribution in [0, 0.1) is 6.92 Å². The molecule has 0 spiro atoms. The summed E-state index contributed by atoms with van der Waals surface area (Å²) in [5.74, 6) is -0.0414. The van der Waals surface area contributed by atoms with Gasteiger partial charge in [0.15, 0.2) is 5.96 Å². The third kappa shape index (κ3) is 3.51. The molecule has 0 aliphatic heterocycles. The average molecular weight is 236 g/mol. The Bertz CT molecular complexity index is 422. The fourth-order valence-corrected chi connectivity index (χ4v) is 1.56. The van der Waals surface area contributed by atoms with Crippen molar-refractivity contribution in [2.75, 3.05) is 5.32 Å². The second-order valence-corrected chi connectivity index (χ2v) is 3.86. The summed E-state index contributed by atoms with van der Waals surface area (Å²) in [6.45, 7) is 4.13. The van der Waals surface area contributed by atoms with Crippen LogP contribution in [-0.4, -0.2) is 11.1 Å². The van der Waals surface area contributed by atoms with Gasteiger partial charge in [-0.1, -0.05) is 19.1 Å². The predicted octanol–water partition coefficient (Wildman–Crippen LogP) is 1.53. The van der Waals surface area contributed by atoms with Crippen molar-refractivity contribution in [2.45, 2.75) is 20.3 Å². The molecule has 4 nitrogen and oxygen atoms in total. The van der Waals surface area contributed by atoms with Crippen molar-refractivity contribution in [1.29, 1.82) is 0 Å². The number of nitrogens with one attached hydrogen (secondary N) is 1. The fourth-order valence-electron chi connectivity index (χ4n) is 1.35. The molecule has 0 atom stereocenters. The van der Waals surface area contributed by atoms with Gasteiger partial charge in [-0.3, -0.25) is 0 Å². The predicted molar refractivity (Wildman–Crippen MR) is 72.6 cm³/mol. The van der Waals surface area contributed by atoms with Gasteiger partial charge in [-0.05, 0) is 42.8 Å². The van der Waals surface area contributed by atoms with E-state index in [0.29, 0.717) is 0 Å². The molecular weight excluding hydrogens is 220 g/mol. The van der Waals surface area contributed by atoms with Crippen molar-refractivity contribution < 1.29 is 0 Å². The first-order valence-electron chi connectivity index (χ1n) is 5.03. The Hall–Kier alpha value is -1.62. The van der Waals surface area contributed by atoms with Crippen LogP contribution in [0.3, 0.4) is 0 Å². The summed E-state index contributed by atoms with van der Waals surface area (Å²) in [5, 5.41) is 3.25. The van der Waals surface area contributed by atoms with E-state index >= 15 is 0 Å². The Balaban J connectivity index is 2.82. The molecule has 0 aliphatic rings. The molecule has 0 unspecified atom stereocenters. The van der Waals surface area contributed by atoms with E-state index in [1.807, 2.05) is 19.1 Å². The molecule has 0 aromatic heterocycles. The number of hydrogen-bond donors (Lipinski definition) is 3. The van der Waals surface area contributed by atoms with Gasteiger partial charge in [0.1, 0.15) is 0 Å². The van der Waals surface area contributed by atoms with Crippen molar-refractivity contribution in [1.82, 2.24) is 0 Å². The van der Waals surface area contributed by atoms with Crippen LogP contribution in [0.1, 0.15) is 18.1 Å². The van der Waals surface area contributed by atoms with Gasteiger partial charge in [0, 0.05) is 5.69 Å². The van der Waals surface area contributed by atoms with Gasteiger partial charge in [0.25, 0.3) is 0 Å². The number of anilines is 1. The molecule has 0 amide bonds. The molecule has 0 saturated heterocycles. The van der Waals surface area contributed by atoms with E-state index in [9.17, 15) is 0 Å². The van der Waals surface area contributed by atoms with E-state index in [4.69, 9.17) is 23.7 Å². The van der Waals surface area contributed by atoms with Gasteiger partial charge in [0.05, 0.1) is 0 Å². The summed E-state index contributed by atoms with van der Waals surface area (Å²) in [6.07, 6.45) is 1.01. The molecule has 16 heavy (non-hydrogen) atoms. The minimum Gasteiger partial charge on any atom is -0.370 e. The lowest BCUT2D eigenvalue weighted by Gasteiger charge is -2.09. The average Bonchev–Trinajstić information content (AvgIpc) is 2.19. The van der Waals surface area contributed by atoms with Crippen LogP contribution in [0.2, 0.25) is 0 Å². The van der Waals surface area contributed by atoms with E-state index < -0.39 is 0 Å². The molecule has 0 radical (unpaired) electrons. The van der Waals surface area contributed by atoms with E-state index in [0.717, 1.165) is 17.7 Å². The number of aryl methyl sites for hydroxylation is 2. The molecular formula is C11H16N4S. The van der Waals surface area contributed by atoms with Crippen molar-refractivity contribution in [3.63, 3.8) is 0 Å². The summed E-state index contributed by atoms with van der Waals surface area (Å²) in [6, 6.07) is 6.14. The normalized spacial score (nSPS) is 9.62. The maximum absolute atomic E-state index is 5.23. The minimum atomic E-state index is -0.0414. The lowest BCUT2D eigenvalue weighted by molar-refractivity contribution is 1.13. The summed E-state index contributed by atoms with van der Waals surface area (Å²) in [4.78, 5) is 3.75. The van der Waals surface area contributed by atoms with Gasteiger partial charge in [-0.15, -0.1) is 0 Å². The Morgan fingerprint density at radius 1 is 1.44 bits per heavy atom. The first kappa shape index (κ1) is 12.4. The molecule has 0 bridgehead atoms. The Morgan fingerprint density at radius 3 is 2.62 bits per heavy atom. The van der Waals surface area contributed by atoms with Crippen molar-refractivity contribution in [2.24, 2.45) is 16.5 Å². The molecule has 1 aromatic carbocycles. The van der Waals surface area contributed by atoms with E-state index in [1.54, 1.807) is 0 Å². The van der Waals surface area contributed by atoms with Gasteiger partial charge in [0.2, 0.25) is 5.11 Å². The van der Waals surface area contributed by atoms with Crippen molar-refractivity contribution >= 4 is 29.0 Å². The zero-order chi connectivity index (χ0) is 12.1. The zero-order valence-electron chi connectivity index (χ0n) is 9.45. The number of guanidine groups is 1. The van der Waals surface area contributed by atoms with E-state index in [-0.39, 0.29) is 11.1 Å². The lowest BCUT2D eigenvalue weighted by Crippen LogP contribution is -2.25. The summed E-state index contributed by atoms with van der Waals surface area (Å²) < 4.78 is 0. The van der Waals surface area contributed by atoms with Crippen LogP contribution in [0.15, 0.2) is 23.2 Å². The highest BCUT2D eigenvalue weighted by molar-refractivity contribution is 7.80. The number of thiocarbonyl (C=S) groups is 1. The van der Waals surface area contributed by atoms with E-state index in [2.05, 4.69) is 23.3 Å². The maximum Gasteiger partial charge on any atom is 0.200 e. The number of nitrogens with zero attached hydrogens (tertiary/aromatic N) is 1. The summed E-state index contributed by atoms with van der Waals surface area (Å²) >= 11 is 4.97. The number of aliphatic imine (C=N–C) groups is 1. The fraction of sp³-hybridized carbons (Fsp3) is 0.273. The highest BCUT2D eigenvalue weighted by Crippen LogP contribution is 2.17. The molecule has 0 fully saturated rings. The number of hydrogen-bond acceptors (Lipinski definition) is 1. The van der Waals surface area contributed by atoms with Gasteiger partial charge < -0.3 is 16.8 Å². The van der Waals surface area contributed by atoms with Crippen LogP contribution >= 0.6 is 12.2 Å². The van der Waals surface area contributed by atoms with Crippen LogP contribution in [0.4, 0.5) is 5.69 Å². The Morgan fingerprint density at radius 2 is 2.12 bits per heavy atom. The minimum absolute atomic E-state index is 0.0414. The Labute approximate surface area is 101 Å². The molecule has 0 heterocycles. The first-order chi connectivity index (χ1) is 7.52. The number of benzene rings is 1. The molecule has 0 aliphatic carbocycles. The number of nitrogens with two attached hydrogens (primary N) is 2. The molecule has 0 saturated carbocycles.